The van der Waals surface area contributed by atoms with E-state index in [0.717, 1.165) is 62.9 Å². The minimum absolute atomic E-state index is 0.250. The zero-order chi connectivity index (χ0) is 29.7. The molecular weight excluding hydrogens is 502 g/mol. The maximum Gasteiger partial charge on any atom is 0.204 e. The molecule has 0 saturated heterocycles. The maximum absolute atomic E-state index is 11.0. The molecule has 8 nitrogen and oxygen atoms in total. The number of nitrogens with zero attached hydrogens (tertiary/aromatic N) is 2. The number of hydrogen-bond donors (Lipinski definition) is 3. The average Bonchev–Trinajstić information content (AvgIpc) is 3.35. The second-order valence-corrected chi connectivity index (χ2v) is 9.05. The first-order valence-corrected chi connectivity index (χ1v) is 12.8. The summed E-state index contributed by atoms with van der Waals surface area (Å²) in [5.41, 5.74) is 16.0. The lowest BCUT2D eigenvalue weighted by Crippen LogP contribution is -2.17. The molecule has 0 fully saturated rings. The van der Waals surface area contributed by atoms with Crippen LogP contribution in [0.2, 0.25) is 0 Å². The molecule has 1 aromatic heterocycles. The Hall–Kier alpha value is -4.49. The lowest BCUT2D eigenvalue weighted by atomic mass is 9.98. The van der Waals surface area contributed by atoms with Crippen LogP contribution in [-0.2, 0) is 23.2 Å². The summed E-state index contributed by atoms with van der Waals surface area (Å²) in [6, 6.07) is 18.2. The Bertz CT molecular complexity index is 1470. The van der Waals surface area contributed by atoms with E-state index in [2.05, 4.69) is 71.0 Å². The highest BCUT2D eigenvalue weighted by atomic mass is 16.5. The van der Waals surface area contributed by atoms with Gasteiger partial charge >= 0.3 is 0 Å². The third-order valence-electron chi connectivity index (χ3n) is 6.32. The molecule has 210 valence electrons. The lowest BCUT2D eigenvalue weighted by molar-refractivity contribution is -0.109. The standard InChI is InChI=1S/C18H19N3O.C13H17NO.CH3NO/c1-12-8-15(9-16-10-21(3)20-18(12)16)13-4-6-14(7-5-13)17(11-22)19-2;1-5-10(2)13-8-12(15-4)7-6-11(13)9-14-3;2-1-3/h4-11,17,19H,1-3H3;6-8,14H,1,9H2,2-4H3;1H,(H2,2,3). The van der Waals surface area contributed by atoms with Gasteiger partial charge in [-0.05, 0) is 91.2 Å². The van der Waals surface area contributed by atoms with Gasteiger partial charge in [0.1, 0.15) is 12.0 Å². The van der Waals surface area contributed by atoms with Gasteiger partial charge in [0.25, 0.3) is 0 Å². The highest BCUT2D eigenvalue weighted by Crippen LogP contribution is 2.28. The quantitative estimate of drug-likeness (QED) is 0.220. The van der Waals surface area contributed by atoms with Crippen molar-refractivity contribution in [3.8, 4) is 16.9 Å². The van der Waals surface area contributed by atoms with E-state index in [0.29, 0.717) is 0 Å². The number of aryl methyl sites for hydroxylation is 2. The van der Waals surface area contributed by atoms with Crippen LogP contribution in [-0.4, -0.2) is 43.7 Å². The molecule has 1 atom stereocenters. The number of aromatic nitrogens is 2. The SMILES string of the molecule is C=C=C(C)c1cc(OC)ccc1CNC.CNC(C=O)c1ccc(-c2cc(C)c3nn(C)cc3c2)cc1.NC=O. The van der Waals surface area contributed by atoms with E-state index in [9.17, 15) is 4.79 Å². The number of aldehydes is 1. The van der Waals surface area contributed by atoms with Gasteiger partial charge in [0.05, 0.1) is 18.7 Å². The zero-order valence-corrected chi connectivity index (χ0v) is 24.1. The highest BCUT2D eigenvalue weighted by molar-refractivity contribution is 5.87. The molecular formula is C32H39N5O3. The fourth-order valence-electron chi connectivity index (χ4n) is 4.26. The van der Waals surface area contributed by atoms with Crippen molar-refractivity contribution >= 4 is 29.2 Å². The summed E-state index contributed by atoms with van der Waals surface area (Å²) in [4.78, 5) is 19.6. The van der Waals surface area contributed by atoms with Crippen LogP contribution in [0.1, 0.15) is 35.2 Å². The molecule has 1 unspecified atom stereocenters. The third kappa shape index (κ3) is 8.25. The molecule has 8 heteroatoms. The summed E-state index contributed by atoms with van der Waals surface area (Å²) >= 11 is 0. The van der Waals surface area contributed by atoms with E-state index in [1.165, 1.54) is 5.56 Å². The highest BCUT2D eigenvalue weighted by Gasteiger charge is 2.10. The Morgan fingerprint density at radius 2 is 1.80 bits per heavy atom. The van der Waals surface area contributed by atoms with Crippen molar-refractivity contribution in [3.05, 3.63) is 95.4 Å². The molecule has 0 saturated carbocycles. The number of nitrogens with two attached hydrogens (primary N) is 1. The molecule has 1 amide bonds. The van der Waals surface area contributed by atoms with Crippen molar-refractivity contribution in [3.63, 3.8) is 0 Å². The van der Waals surface area contributed by atoms with Crippen molar-refractivity contribution in [1.82, 2.24) is 20.4 Å². The van der Waals surface area contributed by atoms with Crippen LogP contribution in [0.3, 0.4) is 0 Å². The van der Waals surface area contributed by atoms with Crippen molar-refractivity contribution in [1.29, 1.82) is 0 Å². The van der Waals surface area contributed by atoms with Gasteiger partial charge in [-0.15, -0.1) is 5.73 Å². The van der Waals surface area contributed by atoms with E-state index in [1.54, 1.807) is 14.2 Å². The molecule has 1 heterocycles. The maximum atomic E-state index is 11.0. The van der Waals surface area contributed by atoms with Crippen LogP contribution in [0, 0.1) is 6.92 Å². The van der Waals surface area contributed by atoms with Crippen LogP contribution in [0.25, 0.3) is 27.6 Å². The zero-order valence-electron chi connectivity index (χ0n) is 24.1. The number of allylic oxidation sites excluding steroid dienone is 1. The summed E-state index contributed by atoms with van der Waals surface area (Å²) in [5, 5.41) is 11.7. The van der Waals surface area contributed by atoms with Crippen LogP contribution in [0.15, 0.2) is 73.1 Å². The third-order valence-corrected chi connectivity index (χ3v) is 6.32. The molecule has 40 heavy (non-hydrogen) atoms. The number of fused-ring (bicyclic) bond motifs is 1. The number of primary amides is 1. The van der Waals surface area contributed by atoms with Gasteiger partial charge in [0.15, 0.2) is 0 Å². The first-order chi connectivity index (χ1) is 19.3. The molecule has 0 aliphatic rings. The molecule has 4 aromatic rings. The van der Waals surface area contributed by atoms with E-state index in [-0.39, 0.29) is 12.5 Å². The Balaban J connectivity index is 0.000000272. The van der Waals surface area contributed by atoms with Crippen LogP contribution >= 0.6 is 0 Å². The van der Waals surface area contributed by atoms with E-state index < -0.39 is 0 Å². The number of ether oxygens (including phenoxy) is 1. The van der Waals surface area contributed by atoms with Crippen molar-refractivity contribution in [2.75, 3.05) is 21.2 Å². The smallest absolute Gasteiger partial charge is 0.204 e. The molecule has 0 aliphatic carbocycles. The molecule has 0 aliphatic heterocycles. The Morgan fingerprint density at radius 1 is 1.12 bits per heavy atom. The number of amides is 1. The van der Waals surface area contributed by atoms with Gasteiger partial charge in [0, 0.05) is 25.2 Å². The fraction of sp³-hybridized carbons (Fsp3) is 0.250. The van der Waals surface area contributed by atoms with E-state index in [1.807, 2.05) is 56.2 Å². The average molecular weight is 542 g/mol. The van der Waals surface area contributed by atoms with Crippen LogP contribution in [0.5, 0.6) is 5.75 Å². The number of hydrogen-bond acceptors (Lipinski definition) is 6. The number of nitrogens with one attached hydrogen (secondary N) is 2. The van der Waals surface area contributed by atoms with Gasteiger partial charge in [-0.3, -0.25) is 9.48 Å². The number of rotatable bonds is 8. The predicted octanol–water partition coefficient (Wildman–Crippen LogP) is 4.71. The lowest BCUT2D eigenvalue weighted by Gasteiger charge is -2.10. The Labute approximate surface area is 236 Å². The molecule has 0 bridgehead atoms. The fourth-order valence-corrected chi connectivity index (χ4v) is 4.26. The van der Waals surface area contributed by atoms with E-state index in [4.69, 9.17) is 9.53 Å². The summed E-state index contributed by atoms with van der Waals surface area (Å²) in [5.74, 6) is 0.861. The first kappa shape index (κ1) is 31.7. The van der Waals surface area contributed by atoms with E-state index >= 15 is 0 Å². The molecule has 4 rings (SSSR count). The van der Waals surface area contributed by atoms with Crippen molar-refractivity contribution in [2.24, 2.45) is 12.8 Å². The van der Waals surface area contributed by atoms with Crippen molar-refractivity contribution in [2.45, 2.75) is 26.4 Å². The van der Waals surface area contributed by atoms with Crippen LogP contribution in [0.4, 0.5) is 0 Å². The van der Waals surface area contributed by atoms with Gasteiger partial charge in [-0.1, -0.05) is 36.9 Å². The second kappa shape index (κ2) is 15.8. The van der Waals surface area contributed by atoms with Gasteiger partial charge in [-0.25, -0.2) is 0 Å². The molecule has 3 aromatic carbocycles. The minimum atomic E-state index is -0.253. The number of methoxy groups -OCH3 is 1. The van der Waals surface area contributed by atoms with Gasteiger partial charge in [0.2, 0.25) is 6.41 Å². The molecule has 0 radical (unpaired) electrons. The van der Waals surface area contributed by atoms with Crippen molar-refractivity contribution < 1.29 is 14.3 Å². The summed E-state index contributed by atoms with van der Waals surface area (Å²) in [7, 11) is 7.32. The summed E-state index contributed by atoms with van der Waals surface area (Å²) < 4.78 is 7.04. The topological polar surface area (TPSA) is 111 Å². The van der Waals surface area contributed by atoms with Crippen LogP contribution < -0.4 is 21.1 Å². The largest absolute Gasteiger partial charge is 0.497 e. The number of carbonyl (C=O) groups is 2. The predicted molar refractivity (Wildman–Crippen MR) is 163 cm³/mol. The molecule has 4 N–H and O–H groups in total. The number of likely N-dealkylation sites (N-methyl/N-ethyl adjacent to an activating group) is 1. The normalized spacial score (nSPS) is 10.8. The van der Waals surface area contributed by atoms with Gasteiger partial charge in [-0.2, -0.15) is 5.10 Å². The molecule has 0 spiro atoms. The summed E-state index contributed by atoms with van der Waals surface area (Å²) in [6.07, 6.45) is 3.20. The monoisotopic (exact) mass is 541 g/mol. The second-order valence-electron chi connectivity index (χ2n) is 9.05. The van der Waals surface area contributed by atoms with Gasteiger partial charge < -0.3 is 25.9 Å². The Kier molecular flexibility index (Phi) is 12.5. The number of carbonyl (C=O) groups excluding carboxylic acids is 2. The minimum Gasteiger partial charge on any atom is -0.497 e. The first-order valence-electron chi connectivity index (χ1n) is 12.8. The number of benzene rings is 3. The summed E-state index contributed by atoms with van der Waals surface area (Å²) in [6.45, 7) is 8.58. The Morgan fingerprint density at radius 3 is 2.35 bits per heavy atom.